The van der Waals surface area contributed by atoms with Crippen LogP contribution in [0.4, 0.5) is 4.79 Å². The minimum absolute atomic E-state index is 0.0669. The highest BCUT2D eigenvalue weighted by Gasteiger charge is 2.45. The van der Waals surface area contributed by atoms with E-state index >= 15 is 0 Å². The topological polar surface area (TPSA) is 69.6 Å². The number of urea groups is 1. The molecule has 5 nitrogen and oxygen atoms in total. The van der Waals surface area contributed by atoms with E-state index in [4.69, 9.17) is 11.6 Å². The van der Waals surface area contributed by atoms with Crippen LogP contribution in [0.25, 0.3) is 0 Å². The minimum Gasteiger partial charge on any atom is -0.481 e. The summed E-state index contributed by atoms with van der Waals surface area (Å²) in [7, 11) is 0. The van der Waals surface area contributed by atoms with Gasteiger partial charge in [-0.2, -0.15) is 0 Å². The Kier molecular flexibility index (Phi) is 6.48. The number of rotatable bonds is 6. The fraction of sp³-hybridized carbons (Fsp3) is 0.600. The van der Waals surface area contributed by atoms with E-state index in [9.17, 15) is 14.7 Å². The van der Waals surface area contributed by atoms with E-state index in [0.717, 1.165) is 34.6 Å². The molecule has 0 saturated heterocycles. The number of aryl methyl sites for hydroxylation is 1. The third-order valence-electron chi connectivity index (χ3n) is 6.70. The van der Waals surface area contributed by atoms with Crippen LogP contribution in [0.15, 0.2) is 30.0 Å². The van der Waals surface area contributed by atoms with Crippen LogP contribution in [0.1, 0.15) is 71.9 Å². The normalized spacial score (nSPS) is 26.4. The minimum atomic E-state index is -0.784. The molecule has 0 radical (unpaired) electrons. The zero-order valence-corrected chi connectivity index (χ0v) is 20.2. The molecule has 2 N–H and O–H groups in total. The fourth-order valence-electron chi connectivity index (χ4n) is 4.51. The molecule has 0 aromatic heterocycles. The summed E-state index contributed by atoms with van der Waals surface area (Å²) in [6.45, 7) is 12.9. The Morgan fingerprint density at radius 3 is 2.48 bits per heavy atom. The SMILES string of the molecule is CC(C)C1=CN(C2CC(C(=O)O)C2)C(=O)N[C@@]1(C)c1ccc(CCC(C)(C)C)c(Cl)c1. The first-order valence-corrected chi connectivity index (χ1v) is 11.5. The van der Waals surface area contributed by atoms with Crippen molar-refractivity contribution in [2.75, 3.05) is 0 Å². The van der Waals surface area contributed by atoms with Gasteiger partial charge in [0.05, 0.1) is 11.5 Å². The first-order valence-electron chi connectivity index (χ1n) is 11.2. The largest absolute Gasteiger partial charge is 0.481 e. The molecule has 1 aliphatic heterocycles. The van der Waals surface area contributed by atoms with Crippen molar-refractivity contribution in [3.05, 3.63) is 46.1 Å². The average Bonchev–Trinajstić information content (AvgIpc) is 2.59. The zero-order chi connectivity index (χ0) is 23.1. The van der Waals surface area contributed by atoms with Crippen LogP contribution in [0.3, 0.4) is 0 Å². The Morgan fingerprint density at radius 2 is 1.97 bits per heavy atom. The van der Waals surface area contributed by atoms with Crippen molar-refractivity contribution < 1.29 is 14.7 Å². The quantitative estimate of drug-likeness (QED) is 0.566. The summed E-state index contributed by atoms with van der Waals surface area (Å²) >= 11 is 6.66. The number of benzene rings is 1. The number of aliphatic carboxylic acids is 1. The van der Waals surface area contributed by atoms with Crippen molar-refractivity contribution in [1.29, 1.82) is 0 Å². The summed E-state index contributed by atoms with van der Waals surface area (Å²) in [6.07, 6.45) is 4.89. The average molecular weight is 447 g/mol. The predicted octanol–water partition coefficient (Wildman–Crippen LogP) is 5.96. The van der Waals surface area contributed by atoms with E-state index in [2.05, 4.69) is 52.1 Å². The molecule has 1 atom stereocenters. The van der Waals surface area contributed by atoms with Crippen molar-refractivity contribution in [2.45, 2.75) is 78.8 Å². The molecule has 6 heteroatoms. The number of amides is 2. The Hall–Kier alpha value is -2.01. The third kappa shape index (κ3) is 4.92. The molecule has 170 valence electrons. The second-order valence-corrected chi connectivity index (χ2v) is 11.1. The molecule has 1 aromatic rings. The Balaban J connectivity index is 1.88. The Bertz CT molecular complexity index is 897. The van der Waals surface area contributed by atoms with Crippen molar-refractivity contribution in [3.8, 4) is 0 Å². The van der Waals surface area contributed by atoms with E-state index in [1.165, 1.54) is 0 Å². The van der Waals surface area contributed by atoms with Gasteiger partial charge in [0.2, 0.25) is 0 Å². The fourth-order valence-corrected chi connectivity index (χ4v) is 4.79. The highest BCUT2D eigenvalue weighted by molar-refractivity contribution is 6.31. The molecule has 2 amide bonds. The smallest absolute Gasteiger partial charge is 0.322 e. The monoisotopic (exact) mass is 446 g/mol. The number of hydrogen-bond donors (Lipinski definition) is 2. The van der Waals surface area contributed by atoms with Crippen LogP contribution in [-0.4, -0.2) is 28.0 Å². The highest BCUT2D eigenvalue weighted by Crippen LogP contribution is 2.41. The Labute approximate surface area is 190 Å². The van der Waals surface area contributed by atoms with E-state index in [-0.39, 0.29) is 29.3 Å². The van der Waals surface area contributed by atoms with Gasteiger partial charge in [0.1, 0.15) is 0 Å². The maximum absolute atomic E-state index is 13.0. The van der Waals surface area contributed by atoms with Crippen LogP contribution in [-0.2, 0) is 16.8 Å². The summed E-state index contributed by atoms with van der Waals surface area (Å²) in [5.74, 6) is -0.947. The lowest BCUT2D eigenvalue weighted by atomic mass is 9.76. The first kappa shape index (κ1) is 23.6. The molecule has 1 heterocycles. The number of carboxylic acids is 1. The van der Waals surface area contributed by atoms with Gasteiger partial charge >= 0.3 is 12.0 Å². The zero-order valence-electron chi connectivity index (χ0n) is 19.5. The number of hydrogen-bond acceptors (Lipinski definition) is 2. The molecule has 2 aliphatic rings. The Morgan fingerprint density at radius 1 is 1.32 bits per heavy atom. The molecule has 1 fully saturated rings. The number of carbonyl (C=O) groups excluding carboxylic acids is 1. The van der Waals surface area contributed by atoms with Crippen LogP contribution in [0, 0.1) is 17.3 Å². The lowest BCUT2D eigenvalue weighted by molar-refractivity contribution is -0.146. The van der Waals surface area contributed by atoms with E-state index in [0.29, 0.717) is 12.8 Å². The maximum atomic E-state index is 13.0. The van der Waals surface area contributed by atoms with E-state index in [1.54, 1.807) is 4.90 Å². The molecule has 31 heavy (non-hydrogen) atoms. The lowest BCUT2D eigenvalue weighted by Crippen LogP contribution is -2.59. The number of carbonyl (C=O) groups is 2. The van der Waals surface area contributed by atoms with Gasteiger partial charge in [-0.1, -0.05) is 58.4 Å². The number of nitrogens with zero attached hydrogens (tertiary/aromatic N) is 1. The van der Waals surface area contributed by atoms with Crippen molar-refractivity contribution in [2.24, 2.45) is 17.3 Å². The summed E-state index contributed by atoms with van der Waals surface area (Å²) in [5.41, 5.74) is 2.75. The van der Waals surface area contributed by atoms with Crippen molar-refractivity contribution in [3.63, 3.8) is 0 Å². The van der Waals surface area contributed by atoms with Crippen LogP contribution in [0.5, 0.6) is 0 Å². The molecule has 3 rings (SSSR count). The second-order valence-electron chi connectivity index (χ2n) is 10.7. The molecule has 0 bridgehead atoms. The first-order chi connectivity index (χ1) is 14.3. The summed E-state index contributed by atoms with van der Waals surface area (Å²) in [6, 6.07) is 5.88. The number of carboxylic acid groups (broad SMARTS) is 1. The van der Waals surface area contributed by atoms with Gasteiger partial charge in [0.25, 0.3) is 0 Å². The molecular formula is C25H35ClN2O3. The van der Waals surface area contributed by atoms with E-state index < -0.39 is 11.5 Å². The van der Waals surface area contributed by atoms with Crippen LogP contribution < -0.4 is 5.32 Å². The van der Waals surface area contributed by atoms with Crippen LogP contribution >= 0.6 is 11.6 Å². The van der Waals surface area contributed by atoms with Gasteiger partial charge in [-0.15, -0.1) is 0 Å². The molecule has 0 unspecified atom stereocenters. The lowest BCUT2D eigenvalue weighted by Gasteiger charge is -2.47. The van der Waals surface area contributed by atoms with E-state index in [1.807, 2.05) is 19.2 Å². The van der Waals surface area contributed by atoms with Gasteiger partial charge in [-0.05, 0) is 66.7 Å². The molecule has 1 aromatic carbocycles. The maximum Gasteiger partial charge on any atom is 0.322 e. The number of nitrogens with one attached hydrogen (secondary N) is 1. The molecule has 1 aliphatic carbocycles. The highest BCUT2D eigenvalue weighted by atomic mass is 35.5. The summed E-state index contributed by atoms with van der Waals surface area (Å²) < 4.78 is 0. The molecular weight excluding hydrogens is 412 g/mol. The van der Waals surface area contributed by atoms with Crippen molar-refractivity contribution >= 4 is 23.6 Å². The summed E-state index contributed by atoms with van der Waals surface area (Å²) in [5, 5.41) is 13.1. The van der Waals surface area contributed by atoms with Gasteiger partial charge in [0.15, 0.2) is 0 Å². The standard InChI is InChI=1S/C25H35ClN2O3/c1-15(2)20-14-28(19-11-17(12-19)22(29)30)23(31)27-25(20,6)18-8-7-16(21(26)13-18)9-10-24(3,4)5/h7-8,13-15,17,19H,9-12H2,1-6H3,(H,27,31)(H,29,30)/t17?,19?,25-/m0/s1. The van der Waals surface area contributed by atoms with Crippen molar-refractivity contribution in [1.82, 2.24) is 10.2 Å². The number of halogens is 1. The van der Waals surface area contributed by atoms with Gasteiger partial charge in [0, 0.05) is 17.3 Å². The summed E-state index contributed by atoms with van der Waals surface area (Å²) in [4.78, 5) is 25.9. The predicted molar refractivity (Wildman–Crippen MR) is 124 cm³/mol. The molecule has 0 spiro atoms. The second kappa shape index (κ2) is 8.50. The third-order valence-corrected chi connectivity index (χ3v) is 7.05. The van der Waals surface area contributed by atoms with Gasteiger partial charge < -0.3 is 10.4 Å². The van der Waals surface area contributed by atoms with Gasteiger partial charge in [-0.25, -0.2) is 4.79 Å². The van der Waals surface area contributed by atoms with Crippen LogP contribution in [0.2, 0.25) is 5.02 Å². The molecule has 1 saturated carbocycles. The van der Waals surface area contributed by atoms with Gasteiger partial charge in [-0.3, -0.25) is 9.69 Å².